The summed E-state index contributed by atoms with van der Waals surface area (Å²) in [6, 6.07) is 11.5. The number of halogens is 1. The molecule has 0 amide bonds. The van der Waals surface area contributed by atoms with Gasteiger partial charge >= 0.3 is 0 Å². The zero-order valence-electron chi connectivity index (χ0n) is 11.3. The van der Waals surface area contributed by atoms with Gasteiger partial charge < -0.3 is 10.3 Å². The van der Waals surface area contributed by atoms with Gasteiger partial charge in [-0.3, -0.25) is 0 Å². The van der Waals surface area contributed by atoms with E-state index in [0.29, 0.717) is 16.8 Å². The van der Waals surface area contributed by atoms with Crippen LogP contribution in [0.4, 0.5) is 5.82 Å². The quantitative estimate of drug-likeness (QED) is 0.710. The summed E-state index contributed by atoms with van der Waals surface area (Å²) < 4.78 is 0. The second-order valence-corrected chi connectivity index (χ2v) is 4.87. The van der Waals surface area contributed by atoms with Crippen LogP contribution < -0.4 is 5.32 Å². The number of H-pyrrole nitrogens is 1. The molecule has 6 heteroatoms. The number of aromatic nitrogens is 4. The summed E-state index contributed by atoms with van der Waals surface area (Å²) in [7, 11) is 0. The summed E-state index contributed by atoms with van der Waals surface area (Å²) in [4.78, 5) is 16.0. The highest BCUT2D eigenvalue weighted by molar-refractivity contribution is 6.29. The SMILES string of the molecule is Clc1cc(NCCc2ncc[nH]2)nc(-c2ccccc2)n1. The van der Waals surface area contributed by atoms with E-state index in [-0.39, 0.29) is 0 Å². The molecule has 0 atom stereocenters. The first-order valence-corrected chi connectivity index (χ1v) is 7.01. The van der Waals surface area contributed by atoms with Gasteiger partial charge in [-0.25, -0.2) is 15.0 Å². The minimum Gasteiger partial charge on any atom is -0.369 e. The summed E-state index contributed by atoms with van der Waals surface area (Å²) in [5.74, 6) is 2.26. The summed E-state index contributed by atoms with van der Waals surface area (Å²) >= 11 is 6.07. The molecule has 106 valence electrons. The van der Waals surface area contributed by atoms with Crippen molar-refractivity contribution in [3.63, 3.8) is 0 Å². The van der Waals surface area contributed by atoms with Crippen molar-refractivity contribution in [2.45, 2.75) is 6.42 Å². The van der Waals surface area contributed by atoms with E-state index in [9.17, 15) is 0 Å². The average Bonchev–Trinajstić information content (AvgIpc) is 3.01. The van der Waals surface area contributed by atoms with Gasteiger partial charge in [0.15, 0.2) is 5.82 Å². The Morgan fingerprint density at radius 2 is 2.00 bits per heavy atom. The average molecular weight is 300 g/mol. The van der Waals surface area contributed by atoms with E-state index in [4.69, 9.17) is 11.6 Å². The minimum atomic E-state index is 0.421. The van der Waals surface area contributed by atoms with Gasteiger partial charge in [-0.1, -0.05) is 41.9 Å². The van der Waals surface area contributed by atoms with Crippen molar-refractivity contribution in [3.05, 3.63) is 59.8 Å². The maximum absolute atomic E-state index is 6.07. The smallest absolute Gasteiger partial charge is 0.163 e. The predicted molar refractivity (Wildman–Crippen MR) is 83.3 cm³/mol. The monoisotopic (exact) mass is 299 g/mol. The number of aromatic amines is 1. The molecule has 2 aromatic heterocycles. The van der Waals surface area contributed by atoms with Crippen molar-refractivity contribution >= 4 is 17.4 Å². The molecular formula is C15H14ClN5. The Balaban J connectivity index is 1.72. The normalized spacial score (nSPS) is 10.5. The molecule has 0 radical (unpaired) electrons. The third-order valence-electron chi connectivity index (χ3n) is 2.95. The van der Waals surface area contributed by atoms with E-state index in [1.165, 1.54) is 0 Å². The first-order valence-electron chi connectivity index (χ1n) is 6.63. The van der Waals surface area contributed by atoms with Crippen LogP contribution in [-0.2, 0) is 6.42 Å². The number of benzene rings is 1. The van der Waals surface area contributed by atoms with Crippen molar-refractivity contribution < 1.29 is 0 Å². The van der Waals surface area contributed by atoms with Gasteiger partial charge in [0.05, 0.1) is 0 Å². The lowest BCUT2D eigenvalue weighted by atomic mass is 10.2. The molecule has 1 aromatic carbocycles. The second kappa shape index (κ2) is 6.37. The standard InChI is InChI=1S/C15H14ClN5/c16-12-10-14(17-7-6-13-18-8-9-19-13)21-15(20-12)11-4-2-1-3-5-11/h1-5,8-10H,6-7H2,(H,18,19)(H,17,20,21). The van der Waals surface area contributed by atoms with Crippen molar-refractivity contribution in [2.24, 2.45) is 0 Å². The first kappa shape index (κ1) is 13.6. The Labute approximate surface area is 127 Å². The summed E-state index contributed by atoms with van der Waals surface area (Å²) in [6.45, 7) is 0.717. The Bertz CT molecular complexity index is 697. The van der Waals surface area contributed by atoms with Crippen LogP contribution in [0, 0.1) is 0 Å². The van der Waals surface area contributed by atoms with E-state index < -0.39 is 0 Å². The fourth-order valence-electron chi connectivity index (χ4n) is 1.97. The molecule has 0 aliphatic heterocycles. The fraction of sp³-hybridized carbons (Fsp3) is 0.133. The lowest BCUT2D eigenvalue weighted by molar-refractivity contribution is 0.920. The summed E-state index contributed by atoms with van der Waals surface area (Å²) in [5.41, 5.74) is 0.939. The molecule has 0 unspecified atom stereocenters. The van der Waals surface area contributed by atoms with E-state index in [2.05, 4.69) is 25.3 Å². The topological polar surface area (TPSA) is 66.5 Å². The molecule has 0 saturated heterocycles. The molecule has 0 saturated carbocycles. The van der Waals surface area contributed by atoms with Gasteiger partial charge in [-0.05, 0) is 0 Å². The molecule has 0 bridgehead atoms. The molecule has 0 fully saturated rings. The van der Waals surface area contributed by atoms with Gasteiger partial charge in [0.25, 0.3) is 0 Å². The minimum absolute atomic E-state index is 0.421. The van der Waals surface area contributed by atoms with Crippen LogP contribution >= 0.6 is 11.6 Å². The van der Waals surface area contributed by atoms with E-state index in [1.54, 1.807) is 12.3 Å². The number of hydrogen-bond donors (Lipinski definition) is 2. The van der Waals surface area contributed by atoms with Crippen molar-refractivity contribution in [2.75, 3.05) is 11.9 Å². The van der Waals surface area contributed by atoms with Crippen molar-refractivity contribution in [1.82, 2.24) is 19.9 Å². The zero-order valence-corrected chi connectivity index (χ0v) is 12.0. The number of nitrogens with zero attached hydrogens (tertiary/aromatic N) is 3. The van der Waals surface area contributed by atoms with E-state index >= 15 is 0 Å². The molecule has 3 rings (SSSR count). The highest BCUT2D eigenvalue weighted by Gasteiger charge is 2.05. The van der Waals surface area contributed by atoms with Crippen LogP contribution in [0.3, 0.4) is 0 Å². The lowest BCUT2D eigenvalue weighted by Gasteiger charge is -2.07. The molecule has 2 N–H and O–H groups in total. The molecule has 3 aromatic rings. The van der Waals surface area contributed by atoms with E-state index in [1.807, 2.05) is 36.5 Å². The Morgan fingerprint density at radius 3 is 2.76 bits per heavy atom. The lowest BCUT2D eigenvalue weighted by Crippen LogP contribution is -2.08. The number of anilines is 1. The third kappa shape index (κ3) is 3.58. The van der Waals surface area contributed by atoms with E-state index in [0.717, 1.165) is 24.4 Å². The van der Waals surface area contributed by atoms with Gasteiger partial charge in [0.2, 0.25) is 0 Å². The molecule has 2 heterocycles. The van der Waals surface area contributed by atoms with Crippen LogP contribution in [0.1, 0.15) is 5.82 Å². The first-order chi connectivity index (χ1) is 10.3. The van der Waals surface area contributed by atoms with Gasteiger partial charge in [0.1, 0.15) is 16.8 Å². The Hall–Kier alpha value is -2.40. The van der Waals surface area contributed by atoms with Crippen LogP contribution in [0.5, 0.6) is 0 Å². The number of rotatable bonds is 5. The maximum Gasteiger partial charge on any atom is 0.163 e. The Kier molecular flexibility index (Phi) is 4.12. The van der Waals surface area contributed by atoms with Gasteiger partial charge in [-0.15, -0.1) is 0 Å². The number of nitrogens with one attached hydrogen (secondary N) is 2. The van der Waals surface area contributed by atoms with Gasteiger partial charge in [0, 0.05) is 37.0 Å². The van der Waals surface area contributed by atoms with Crippen LogP contribution in [-0.4, -0.2) is 26.5 Å². The predicted octanol–water partition coefficient (Wildman–Crippen LogP) is 3.17. The maximum atomic E-state index is 6.07. The zero-order chi connectivity index (χ0) is 14.5. The Morgan fingerprint density at radius 1 is 1.14 bits per heavy atom. The summed E-state index contributed by atoms with van der Waals surface area (Å²) in [6.07, 6.45) is 4.34. The summed E-state index contributed by atoms with van der Waals surface area (Å²) in [5, 5.41) is 3.66. The molecular weight excluding hydrogens is 286 g/mol. The van der Waals surface area contributed by atoms with Crippen LogP contribution in [0.15, 0.2) is 48.8 Å². The van der Waals surface area contributed by atoms with Crippen LogP contribution in [0.2, 0.25) is 5.15 Å². The second-order valence-electron chi connectivity index (χ2n) is 4.48. The molecule has 5 nitrogen and oxygen atoms in total. The molecule has 21 heavy (non-hydrogen) atoms. The fourth-order valence-corrected chi connectivity index (χ4v) is 2.15. The van der Waals surface area contributed by atoms with Gasteiger partial charge in [-0.2, -0.15) is 0 Å². The molecule has 0 spiro atoms. The number of imidazole rings is 1. The molecule has 0 aliphatic carbocycles. The molecule has 0 aliphatic rings. The van der Waals surface area contributed by atoms with Crippen molar-refractivity contribution in [3.8, 4) is 11.4 Å². The van der Waals surface area contributed by atoms with Crippen molar-refractivity contribution in [1.29, 1.82) is 0 Å². The largest absolute Gasteiger partial charge is 0.369 e. The third-order valence-corrected chi connectivity index (χ3v) is 3.14. The number of hydrogen-bond acceptors (Lipinski definition) is 4. The van der Waals surface area contributed by atoms with Crippen LogP contribution in [0.25, 0.3) is 11.4 Å². The highest BCUT2D eigenvalue weighted by Crippen LogP contribution is 2.19. The highest BCUT2D eigenvalue weighted by atomic mass is 35.5.